The minimum Gasteiger partial charge on any atom is -0.462 e. The molecule has 2 N–H and O–H groups in total. The van der Waals surface area contributed by atoms with E-state index in [9.17, 15) is 4.79 Å². The summed E-state index contributed by atoms with van der Waals surface area (Å²) in [7, 11) is 0. The molecule has 1 aromatic heterocycles. The molecule has 0 atom stereocenters. The highest BCUT2D eigenvalue weighted by Crippen LogP contribution is 2.21. The highest BCUT2D eigenvalue weighted by atomic mass is 16.5. The van der Waals surface area contributed by atoms with Gasteiger partial charge in [-0.1, -0.05) is 0 Å². The summed E-state index contributed by atoms with van der Waals surface area (Å²) in [4.78, 5) is 20.5. The van der Waals surface area contributed by atoms with Crippen LogP contribution in [-0.4, -0.2) is 22.5 Å². The van der Waals surface area contributed by atoms with Gasteiger partial charge in [-0.2, -0.15) is 5.26 Å². The van der Waals surface area contributed by atoms with Crippen molar-refractivity contribution >= 4 is 29.0 Å². The first kappa shape index (κ1) is 18.9. The molecule has 0 saturated carbocycles. The third-order valence-corrected chi connectivity index (χ3v) is 3.79. The lowest BCUT2D eigenvalue weighted by Gasteiger charge is -2.11. The molecule has 0 bridgehead atoms. The fourth-order valence-corrected chi connectivity index (χ4v) is 2.52. The van der Waals surface area contributed by atoms with E-state index in [1.807, 2.05) is 12.1 Å². The first-order chi connectivity index (χ1) is 13.6. The maximum absolute atomic E-state index is 11.7. The highest BCUT2D eigenvalue weighted by Gasteiger charge is 2.07. The average molecular weight is 373 g/mol. The van der Waals surface area contributed by atoms with Gasteiger partial charge in [-0.05, 0) is 62.4 Å². The Morgan fingerprint density at radius 2 is 1.54 bits per heavy atom. The molecule has 0 saturated heterocycles. The molecule has 0 aliphatic carbocycles. The number of nitrogens with one attached hydrogen (secondary N) is 2. The van der Waals surface area contributed by atoms with Crippen LogP contribution < -0.4 is 10.6 Å². The number of rotatable bonds is 6. The molecule has 0 aliphatic heterocycles. The smallest absolute Gasteiger partial charge is 0.338 e. The zero-order chi connectivity index (χ0) is 19.9. The quantitative estimate of drug-likeness (QED) is 0.621. The van der Waals surface area contributed by atoms with Crippen molar-refractivity contribution < 1.29 is 9.53 Å². The summed E-state index contributed by atoms with van der Waals surface area (Å²) in [5.41, 5.74) is 2.70. The van der Waals surface area contributed by atoms with Crippen LogP contribution in [0.4, 0.5) is 23.0 Å². The number of aryl methyl sites for hydroxylation is 1. The lowest BCUT2D eigenvalue weighted by atomic mass is 10.2. The van der Waals surface area contributed by atoms with E-state index in [0.29, 0.717) is 35.2 Å². The zero-order valence-corrected chi connectivity index (χ0v) is 15.6. The first-order valence-corrected chi connectivity index (χ1v) is 8.74. The van der Waals surface area contributed by atoms with Gasteiger partial charge in [0.1, 0.15) is 17.5 Å². The number of hydrogen-bond acceptors (Lipinski definition) is 7. The second-order valence-electron chi connectivity index (χ2n) is 5.92. The molecule has 2 aromatic carbocycles. The predicted molar refractivity (Wildman–Crippen MR) is 107 cm³/mol. The van der Waals surface area contributed by atoms with E-state index in [2.05, 4.69) is 26.7 Å². The molecule has 1 heterocycles. The molecule has 7 nitrogen and oxygen atoms in total. The van der Waals surface area contributed by atoms with E-state index in [-0.39, 0.29) is 5.97 Å². The summed E-state index contributed by atoms with van der Waals surface area (Å²) in [6.45, 7) is 3.92. The number of nitrogens with zero attached hydrogens (tertiary/aromatic N) is 3. The lowest BCUT2D eigenvalue weighted by Crippen LogP contribution is -2.05. The van der Waals surface area contributed by atoms with Crippen molar-refractivity contribution in [1.82, 2.24) is 9.97 Å². The summed E-state index contributed by atoms with van der Waals surface area (Å²) in [5, 5.41) is 15.3. The van der Waals surface area contributed by atoms with Gasteiger partial charge in [-0.25, -0.2) is 14.8 Å². The van der Waals surface area contributed by atoms with Crippen LogP contribution in [-0.2, 0) is 4.74 Å². The SMILES string of the molecule is CCOC(=O)c1ccc(Nc2cc(Nc3ccc(C#N)cc3)nc(C)n2)cc1. The molecule has 0 amide bonds. The lowest BCUT2D eigenvalue weighted by molar-refractivity contribution is 0.0526. The molecule has 3 aromatic rings. The summed E-state index contributed by atoms with van der Waals surface area (Å²) in [5.74, 6) is 1.50. The first-order valence-electron chi connectivity index (χ1n) is 8.74. The summed E-state index contributed by atoms with van der Waals surface area (Å²) < 4.78 is 4.98. The van der Waals surface area contributed by atoms with Crippen molar-refractivity contribution in [3.63, 3.8) is 0 Å². The number of ether oxygens (including phenoxy) is 1. The second kappa shape index (κ2) is 8.64. The zero-order valence-electron chi connectivity index (χ0n) is 15.6. The van der Waals surface area contributed by atoms with Crippen LogP contribution in [0.5, 0.6) is 0 Å². The van der Waals surface area contributed by atoms with Gasteiger partial charge in [-0.3, -0.25) is 0 Å². The average Bonchev–Trinajstić information content (AvgIpc) is 2.69. The highest BCUT2D eigenvalue weighted by molar-refractivity contribution is 5.89. The Labute approximate surface area is 163 Å². The van der Waals surface area contributed by atoms with Crippen LogP contribution in [0, 0.1) is 18.3 Å². The van der Waals surface area contributed by atoms with E-state index in [1.54, 1.807) is 56.3 Å². The Morgan fingerprint density at radius 1 is 1.00 bits per heavy atom. The molecule has 3 rings (SSSR count). The minimum atomic E-state index is -0.346. The molecule has 7 heteroatoms. The molecular weight excluding hydrogens is 354 g/mol. The van der Waals surface area contributed by atoms with Gasteiger partial charge in [0.05, 0.1) is 23.8 Å². The van der Waals surface area contributed by atoms with Crippen molar-refractivity contribution in [1.29, 1.82) is 5.26 Å². The largest absolute Gasteiger partial charge is 0.462 e. The van der Waals surface area contributed by atoms with Crippen molar-refractivity contribution in [2.75, 3.05) is 17.2 Å². The maximum atomic E-state index is 11.7. The molecule has 0 radical (unpaired) electrons. The van der Waals surface area contributed by atoms with Gasteiger partial charge in [0.15, 0.2) is 0 Å². The predicted octanol–water partition coefficient (Wildman–Crippen LogP) is 4.32. The van der Waals surface area contributed by atoms with Crippen molar-refractivity contribution in [3.8, 4) is 6.07 Å². The van der Waals surface area contributed by atoms with Crippen molar-refractivity contribution in [2.24, 2.45) is 0 Å². The molecule has 140 valence electrons. The van der Waals surface area contributed by atoms with Gasteiger partial charge in [0.25, 0.3) is 0 Å². The number of aromatic nitrogens is 2. The number of nitriles is 1. The standard InChI is InChI=1S/C21H19N5O2/c1-3-28-21(27)16-6-10-18(11-7-16)26-20-12-19(23-14(2)24-20)25-17-8-4-15(13-22)5-9-17/h4-12H,3H2,1-2H3,(H2,23,24,25,26). The van der Waals surface area contributed by atoms with Gasteiger partial charge in [0.2, 0.25) is 0 Å². The van der Waals surface area contributed by atoms with E-state index in [4.69, 9.17) is 10.00 Å². The second-order valence-corrected chi connectivity index (χ2v) is 5.92. The van der Waals surface area contributed by atoms with Gasteiger partial charge < -0.3 is 15.4 Å². The fraction of sp³-hybridized carbons (Fsp3) is 0.143. The number of carbonyl (C=O) groups excluding carboxylic acids is 1. The van der Waals surface area contributed by atoms with Gasteiger partial charge in [0, 0.05) is 17.4 Å². The topological polar surface area (TPSA) is 99.9 Å². The number of anilines is 4. The van der Waals surface area contributed by atoms with Crippen molar-refractivity contribution in [3.05, 3.63) is 71.5 Å². The van der Waals surface area contributed by atoms with Gasteiger partial charge >= 0.3 is 5.97 Å². The number of benzene rings is 2. The molecule has 0 aliphatic rings. The summed E-state index contributed by atoms with van der Waals surface area (Å²) in [6.07, 6.45) is 0. The van der Waals surface area contributed by atoms with Crippen LogP contribution in [0.1, 0.15) is 28.7 Å². The molecule has 0 unspecified atom stereocenters. The molecule has 0 fully saturated rings. The summed E-state index contributed by atoms with van der Waals surface area (Å²) >= 11 is 0. The van der Waals surface area contributed by atoms with Crippen LogP contribution in [0.2, 0.25) is 0 Å². The van der Waals surface area contributed by atoms with Crippen LogP contribution in [0.3, 0.4) is 0 Å². The van der Waals surface area contributed by atoms with Crippen LogP contribution >= 0.6 is 0 Å². The Bertz CT molecular complexity index is 1010. The third-order valence-electron chi connectivity index (χ3n) is 3.79. The fourth-order valence-electron chi connectivity index (χ4n) is 2.52. The number of esters is 1. The summed E-state index contributed by atoms with van der Waals surface area (Å²) in [6, 6.07) is 18.0. The van der Waals surface area contributed by atoms with E-state index >= 15 is 0 Å². The van der Waals surface area contributed by atoms with Gasteiger partial charge in [-0.15, -0.1) is 0 Å². The monoisotopic (exact) mass is 373 g/mol. The third kappa shape index (κ3) is 4.83. The van der Waals surface area contributed by atoms with Crippen LogP contribution in [0.25, 0.3) is 0 Å². The van der Waals surface area contributed by atoms with E-state index in [0.717, 1.165) is 11.4 Å². The van der Waals surface area contributed by atoms with Crippen molar-refractivity contribution in [2.45, 2.75) is 13.8 Å². The molecule has 28 heavy (non-hydrogen) atoms. The van der Waals surface area contributed by atoms with Crippen LogP contribution in [0.15, 0.2) is 54.6 Å². The Kier molecular flexibility index (Phi) is 5.82. The Morgan fingerprint density at radius 3 is 2.04 bits per heavy atom. The molecular formula is C21H19N5O2. The number of carbonyl (C=O) groups is 1. The molecule has 0 spiro atoms. The van der Waals surface area contributed by atoms with E-state index in [1.165, 1.54) is 0 Å². The Balaban J connectivity index is 1.74. The minimum absolute atomic E-state index is 0.341. The normalized spacial score (nSPS) is 10.0. The maximum Gasteiger partial charge on any atom is 0.338 e. The Hall–Kier alpha value is -3.92. The number of hydrogen-bond donors (Lipinski definition) is 2. The van der Waals surface area contributed by atoms with E-state index < -0.39 is 0 Å².